The lowest BCUT2D eigenvalue weighted by Crippen LogP contribution is -2.12. The van der Waals surface area contributed by atoms with Gasteiger partial charge in [0.25, 0.3) is 5.91 Å². The third-order valence-electron chi connectivity index (χ3n) is 3.90. The van der Waals surface area contributed by atoms with Crippen LogP contribution in [0, 0.1) is 0 Å². The Bertz CT molecular complexity index is 1010. The number of rotatable bonds is 2. The second-order valence-electron chi connectivity index (χ2n) is 5.36. The number of anilines is 1. The molecule has 0 saturated heterocycles. The average Bonchev–Trinajstić information content (AvgIpc) is 2.62. The summed E-state index contributed by atoms with van der Waals surface area (Å²) in [5, 5.41) is 6.06. The van der Waals surface area contributed by atoms with Crippen LogP contribution in [-0.2, 0) is 0 Å². The molecule has 1 aromatic heterocycles. The summed E-state index contributed by atoms with van der Waals surface area (Å²) in [4.78, 5) is 16.9. The lowest BCUT2D eigenvalue weighted by atomic mass is 10.0. The molecule has 0 bridgehead atoms. The minimum atomic E-state index is -0.112. The Morgan fingerprint density at radius 3 is 2.39 bits per heavy atom. The molecular formula is C20H14N2O. The van der Waals surface area contributed by atoms with Gasteiger partial charge in [0.05, 0.1) is 5.52 Å². The van der Waals surface area contributed by atoms with E-state index in [-0.39, 0.29) is 5.91 Å². The van der Waals surface area contributed by atoms with Crippen LogP contribution >= 0.6 is 0 Å². The average molecular weight is 298 g/mol. The molecule has 110 valence electrons. The maximum Gasteiger partial charge on any atom is 0.255 e. The predicted molar refractivity (Wildman–Crippen MR) is 93.6 cm³/mol. The van der Waals surface area contributed by atoms with Gasteiger partial charge in [-0.05, 0) is 24.3 Å². The van der Waals surface area contributed by atoms with E-state index in [1.807, 2.05) is 60.7 Å². The Morgan fingerprint density at radius 1 is 0.826 bits per heavy atom. The van der Waals surface area contributed by atoms with Gasteiger partial charge in [0.2, 0.25) is 0 Å². The van der Waals surface area contributed by atoms with Crippen LogP contribution in [0.4, 0.5) is 5.69 Å². The molecule has 0 aliphatic carbocycles. The van der Waals surface area contributed by atoms with Crippen LogP contribution in [0.1, 0.15) is 10.4 Å². The fraction of sp³-hybridized carbons (Fsp3) is 0. The van der Waals surface area contributed by atoms with Crippen molar-refractivity contribution in [2.75, 3.05) is 5.32 Å². The number of hydrogen-bond donors (Lipinski definition) is 1. The summed E-state index contributed by atoms with van der Waals surface area (Å²) in [5.41, 5.74) is 2.39. The first kappa shape index (κ1) is 13.5. The standard InChI is InChI=1S/C20H14N2O/c23-20(14-7-2-1-3-8-14)22-18-13-15-9-6-12-21-19(15)17-11-5-4-10-16(17)18/h1-13H,(H,22,23). The van der Waals surface area contributed by atoms with E-state index < -0.39 is 0 Å². The van der Waals surface area contributed by atoms with Crippen molar-refractivity contribution in [1.82, 2.24) is 4.98 Å². The van der Waals surface area contributed by atoms with E-state index in [9.17, 15) is 4.79 Å². The van der Waals surface area contributed by atoms with E-state index in [1.54, 1.807) is 18.3 Å². The monoisotopic (exact) mass is 298 g/mol. The van der Waals surface area contributed by atoms with Gasteiger partial charge in [-0.3, -0.25) is 9.78 Å². The molecule has 3 heteroatoms. The summed E-state index contributed by atoms with van der Waals surface area (Å²) in [5.74, 6) is -0.112. The lowest BCUT2D eigenvalue weighted by molar-refractivity contribution is 0.102. The van der Waals surface area contributed by atoms with Gasteiger partial charge in [-0.2, -0.15) is 0 Å². The van der Waals surface area contributed by atoms with Crippen LogP contribution < -0.4 is 5.32 Å². The number of pyridine rings is 1. The van der Waals surface area contributed by atoms with Gasteiger partial charge in [-0.25, -0.2) is 0 Å². The summed E-state index contributed by atoms with van der Waals surface area (Å²) in [6.07, 6.45) is 1.79. The van der Waals surface area contributed by atoms with Crippen LogP contribution in [0.2, 0.25) is 0 Å². The van der Waals surface area contributed by atoms with Crippen molar-refractivity contribution in [1.29, 1.82) is 0 Å². The molecule has 3 nitrogen and oxygen atoms in total. The highest BCUT2D eigenvalue weighted by Crippen LogP contribution is 2.30. The van der Waals surface area contributed by atoms with Crippen LogP contribution in [0.5, 0.6) is 0 Å². The van der Waals surface area contributed by atoms with Crippen molar-refractivity contribution < 1.29 is 4.79 Å². The zero-order chi connectivity index (χ0) is 15.6. The Hall–Kier alpha value is -3.20. The van der Waals surface area contributed by atoms with Gasteiger partial charge < -0.3 is 5.32 Å². The van der Waals surface area contributed by atoms with Crippen molar-refractivity contribution >= 4 is 33.3 Å². The van der Waals surface area contributed by atoms with Crippen LogP contribution in [-0.4, -0.2) is 10.9 Å². The Balaban J connectivity index is 1.87. The quantitative estimate of drug-likeness (QED) is 0.548. The predicted octanol–water partition coefficient (Wildman–Crippen LogP) is 4.64. The van der Waals surface area contributed by atoms with Crippen molar-refractivity contribution in [2.45, 2.75) is 0 Å². The Kier molecular flexibility index (Phi) is 3.24. The molecule has 3 aromatic carbocycles. The first-order valence-electron chi connectivity index (χ1n) is 7.46. The SMILES string of the molecule is O=C(Nc1cc2cccnc2c2ccccc12)c1ccccc1. The molecule has 0 fully saturated rings. The molecule has 1 heterocycles. The Morgan fingerprint density at radius 2 is 1.57 bits per heavy atom. The smallest absolute Gasteiger partial charge is 0.255 e. The molecule has 1 amide bonds. The minimum Gasteiger partial charge on any atom is -0.321 e. The molecule has 0 aliphatic rings. The Labute approximate surface area is 133 Å². The molecule has 4 aromatic rings. The van der Waals surface area contributed by atoms with Gasteiger partial charge in [0.1, 0.15) is 0 Å². The highest BCUT2D eigenvalue weighted by Gasteiger charge is 2.10. The fourth-order valence-corrected chi connectivity index (χ4v) is 2.80. The topological polar surface area (TPSA) is 42.0 Å². The molecule has 23 heavy (non-hydrogen) atoms. The third-order valence-corrected chi connectivity index (χ3v) is 3.90. The fourth-order valence-electron chi connectivity index (χ4n) is 2.80. The molecule has 0 unspecified atom stereocenters. The van der Waals surface area contributed by atoms with Gasteiger partial charge in [-0.1, -0.05) is 48.5 Å². The van der Waals surface area contributed by atoms with Gasteiger partial charge in [0.15, 0.2) is 0 Å². The number of amides is 1. The number of benzene rings is 3. The zero-order valence-electron chi connectivity index (χ0n) is 12.4. The van der Waals surface area contributed by atoms with E-state index in [0.29, 0.717) is 5.56 Å². The second-order valence-corrected chi connectivity index (χ2v) is 5.36. The number of nitrogens with zero attached hydrogens (tertiary/aromatic N) is 1. The lowest BCUT2D eigenvalue weighted by Gasteiger charge is -2.11. The van der Waals surface area contributed by atoms with E-state index in [1.165, 1.54) is 0 Å². The van der Waals surface area contributed by atoms with E-state index >= 15 is 0 Å². The molecule has 4 rings (SSSR count). The summed E-state index contributed by atoms with van der Waals surface area (Å²) in [7, 11) is 0. The number of nitrogens with one attached hydrogen (secondary N) is 1. The van der Waals surface area contributed by atoms with Crippen molar-refractivity contribution in [2.24, 2.45) is 0 Å². The van der Waals surface area contributed by atoms with Crippen molar-refractivity contribution in [3.63, 3.8) is 0 Å². The van der Waals surface area contributed by atoms with Crippen LogP contribution in [0.25, 0.3) is 21.7 Å². The largest absolute Gasteiger partial charge is 0.321 e. The molecule has 0 radical (unpaired) electrons. The maximum absolute atomic E-state index is 12.5. The summed E-state index contributed by atoms with van der Waals surface area (Å²) < 4.78 is 0. The van der Waals surface area contributed by atoms with E-state index in [2.05, 4.69) is 10.3 Å². The second kappa shape index (κ2) is 5.54. The normalized spacial score (nSPS) is 10.8. The molecular weight excluding hydrogens is 284 g/mol. The van der Waals surface area contributed by atoms with E-state index in [4.69, 9.17) is 0 Å². The highest BCUT2D eigenvalue weighted by atomic mass is 16.1. The molecule has 0 spiro atoms. The summed E-state index contributed by atoms with van der Waals surface area (Å²) >= 11 is 0. The highest BCUT2D eigenvalue weighted by molar-refractivity contribution is 6.15. The molecule has 0 atom stereocenters. The maximum atomic E-state index is 12.5. The van der Waals surface area contributed by atoms with Crippen LogP contribution in [0.3, 0.4) is 0 Å². The van der Waals surface area contributed by atoms with Gasteiger partial charge >= 0.3 is 0 Å². The first-order valence-corrected chi connectivity index (χ1v) is 7.46. The summed E-state index contributed by atoms with van der Waals surface area (Å²) in [6, 6.07) is 23.1. The van der Waals surface area contributed by atoms with Gasteiger partial charge in [-0.15, -0.1) is 0 Å². The molecule has 1 N–H and O–H groups in total. The third kappa shape index (κ3) is 2.42. The number of carbonyl (C=O) groups excluding carboxylic acids is 1. The van der Waals surface area contributed by atoms with Crippen molar-refractivity contribution in [3.05, 3.63) is 84.6 Å². The number of carbonyl (C=O) groups is 1. The first-order chi connectivity index (χ1) is 11.3. The van der Waals surface area contributed by atoms with Gasteiger partial charge in [0, 0.05) is 33.6 Å². The van der Waals surface area contributed by atoms with Crippen LogP contribution in [0.15, 0.2) is 79.0 Å². The number of hydrogen-bond acceptors (Lipinski definition) is 2. The van der Waals surface area contributed by atoms with E-state index in [0.717, 1.165) is 27.4 Å². The molecule has 0 saturated carbocycles. The summed E-state index contributed by atoms with van der Waals surface area (Å²) in [6.45, 7) is 0. The number of aromatic nitrogens is 1. The molecule has 0 aliphatic heterocycles. The zero-order valence-corrected chi connectivity index (χ0v) is 12.4. The minimum absolute atomic E-state index is 0.112. The van der Waals surface area contributed by atoms with Crippen molar-refractivity contribution in [3.8, 4) is 0 Å². The number of fused-ring (bicyclic) bond motifs is 3.